The van der Waals surface area contributed by atoms with E-state index in [9.17, 15) is 23.1 Å². The van der Waals surface area contributed by atoms with Crippen LogP contribution in [-0.2, 0) is 14.8 Å². The number of aromatic carboxylic acids is 1. The highest BCUT2D eigenvalue weighted by Crippen LogP contribution is 2.36. The summed E-state index contributed by atoms with van der Waals surface area (Å²) in [5, 5.41) is 16.6. The molecule has 0 unspecified atom stereocenters. The van der Waals surface area contributed by atoms with E-state index in [1.807, 2.05) is 13.8 Å². The molecule has 0 aliphatic heterocycles. The second-order valence-corrected chi connectivity index (χ2v) is 11.2. The number of rotatable bonds is 11. The van der Waals surface area contributed by atoms with Crippen LogP contribution < -0.4 is 19.5 Å². The van der Waals surface area contributed by atoms with Crippen LogP contribution in [-0.4, -0.2) is 48.3 Å². The maximum atomic E-state index is 13.3. The van der Waals surface area contributed by atoms with Crippen LogP contribution in [0.1, 0.15) is 49.2 Å². The average molecular weight is 543 g/mol. The zero-order valence-electron chi connectivity index (χ0n) is 21.5. The van der Waals surface area contributed by atoms with Gasteiger partial charge < -0.3 is 19.9 Å². The van der Waals surface area contributed by atoms with E-state index in [1.54, 1.807) is 24.3 Å². The lowest BCUT2D eigenvalue weighted by atomic mass is 10.1. The fourth-order valence-electron chi connectivity index (χ4n) is 3.75. The van der Waals surface area contributed by atoms with Gasteiger partial charge in [-0.2, -0.15) is 9.78 Å². The fourth-order valence-corrected chi connectivity index (χ4v) is 5.21. The van der Waals surface area contributed by atoms with E-state index in [0.29, 0.717) is 17.1 Å². The number of ether oxygens (including phenoxy) is 2. The van der Waals surface area contributed by atoms with Gasteiger partial charge in [-0.1, -0.05) is 13.8 Å². The van der Waals surface area contributed by atoms with Crippen LogP contribution in [0.15, 0.2) is 47.4 Å². The molecule has 3 aromatic rings. The number of carbonyl (C=O) groups is 2. The van der Waals surface area contributed by atoms with Crippen molar-refractivity contribution in [2.75, 3.05) is 12.4 Å². The highest BCUT2D eigenvalue weighted by molar-refractivity contribution is 7.89. The number of hydrogen-bond acceptors (Lipinski definition) is 7. The quantitative estimate of drug-likeness (QED) is 0.328. The first kappa shape index (κ1) is 27.1. The maximum Gasteiger partial charge on any atom is 0.356 e. The van der Waals surface area contributed by atoms with Crippen LogP contribution in [0.4, 0.5) is 5.69 Å². The number of anilines is 1. The summed E-state index contributed by atoms with van der Waals surface area (Å²) in [4.78, 5) is 24.0. The van der Waals surface area contributed by atoms with Crippen molar-refractivity contribution in [3.8, 4) is 23.1 Å². The molecule has 1 aliphatic rings. The lowest BCUT2D eigenvalue weighted by molar-refractivity contribution is -0.116. The molecule has 0 bridgehead atoms. The van der Waals surface area contributed by atoms with E-state index >= 15 is 0 Å². The molecule has 3 N–H and O–H groups in total. The molecule has 1 heterocycles. The van der Waals surface area contributed by atoms with E-state index in [4.69, 9.17) is 9.47 Å². The molecular weight excluding hydrogens is 512 g/mol. The molecule has 1 fully saturated rings. The Morgan fingerprint density at radius 3 is 2.42 bits per heavy atom. The Morgan fingerprint density at radius 2 is 1.84 bits per heavy atom. The second kappa shape index (κ2) is 10.8. The molecule has 1 aromatic heterocycles. The number of methoxy groups -OCH3 is 1. The summed E-state index contributed by atoms with van der Waals surface area (Å²) in [6.07, 6.45) is 1.73. The third-order valence-electron chi connectivity index (χ3n) is 5.80. The van der Waals surface area contributed by atoms with Gasteiger partial charge in [-0.05, 0) is 68.1 Å². The predicted octanol–water partition coefficient (Wildman–Crippen LogP) is 4.11. The first-order valence-corrected chi connectivity index (χ1v) is 13.6. The number of amides is 1. The molecule has 202 valence electrons. The minimum atomic E-state index is -4.03. The van der Waals surface area contributed by atoms with Crippen LogP contribution in [0.2, 0.25) is 0 Å². The van der Waals surface area contributed by atoms with Gasteiger partial charge in [0.25, 0.3) is 0 Å². The lowest BCUT2D eigenvalue weighted by Crippen LogP contribution is -2.26. The van der Waals surface area contributed by atoms with Gasteiger partial charge in [0.2, 0.25) is 21.8 Å². The third-order valence-corrected chi connectivity index (χ3v) is 7.35. The van der Waals surface area contributed by atoms with Gasteiger partial charge >= 0.3 is 5.97 Å². The number of benzene rings is 2. The van der Waals surface area contributed by atoms with Gasteiger partial charge in [-0.3, -0.25) is 4.79 Å². The molecule has 0 spiro atoms. The molecule has 2 aromatic carbocycles. The van der Waals surface area contributed by atoms with Gasteiger partial charge in [0.1, 0.15) is 16.4 Å². The van der Waals surface area contributed by atoms with E-state index in [-0.39, 0.29) is 52.1 Å². The van der Waals surface area contributed by atoms with Crippen molar-refractivity contribution >= 4 is 27.6 Å². The Bertz CT molecular complexity index is 1460. The minimum absolute atomic E-state index is 0.0343. The van der Waals surface area contributed by atoms with Crippen molar-refractivity contribution in [1.29, 1.82) is 0 Å². The van der Waals surface area contributed by atoms with Crippen LogP contribution in [0.3, 0.4) is 0 Å². The Hall–Kier alpha value is -3.90. The molecule has 0 radical (unpaired) electrons. The monoisotopic (exact) mass is 542 g/mol. The van der Waals surface area contributed by atoms with Gasteiger partial charge in [0.05, 0.1) is 12.8 Å². The average Bonchev–Trinajstić information content (AvgIpc) is 3.60. The number of sulfonamides is 1. The summed E-state index contributed by atoms with van der Waals surface area (Å²) in [6.45, 7) is 5.35. The molecule has 11 nitrogen and oxygen atoms in total. The number of carbonyl (C=O) groups excluding carboxylic acids is 1. The topological polar surface area (TPSA) is 149 Å². The van der Waals surface area contributed by atoms with Crippen LogP contribution in [0, 0.1) is 12.8 Å². The summed E-state index contributed by atoms with van der Waals surface area (Å²) in [7, 11) is -2.50. The van der Waals surface area contributed by atoms with E-state index in [2.05, 4.69) is 15.1 Å². The molecule has 0 atom stereocenters. The Balaban J connectivity index is 1.78. The number of nitrogens with one attached hydrogen (secondary N) is 2. The zero-order valence-corrected chi connectivity index (χ0v) is 22.3. The summed E-state index contributed by atoms with van der Waals surface area (Å²) in [6, 6.07) is 10.8. The SMILES string of the molecule is COc1ccc(-n2nc(C(=O)O)c(C)c2Oc2ccc(NC(=O)CC(C)C)cc2S(=O)(=O)NC2CC2)cc1. The molecule has 0 saturated heterocycles. The van der Waals surface area contributed by atoms with Crippen LogP contribution >= 0.6 is 0 Å². The summed E-state index contributed by atoms with van der Waals surface area (Å²) in [5.41, 5.74) is 0.746. The van der Waals surface area contributed by atoms with Crippen LogP contribution in [0.5, 0.6) is 17.4 Å². The Morgan fingerprint density at radius 1 is 1.16 bits per heavy atom. The maximum absolute atomic E-state index is 13.3. The number of carboxylic acids is 1. The van der Waals surface area contributed by atoms with Gasteiger partial charge in [0, 0.05) is 23.7 Å². The number of nitrogens with zero attached hydrogens (tertiary/aromatic N) is 2. The molecule has 1 saturated carbocycles. The first-order valence-electron chi connectivity index (χ1n) is 12.1. The third kappa shape index (κ3) is 6.14. The normalized spacial score (nSPS) is 13.4. The first-order chi connectivity index (χ1) is 18.0. The number of carboxylic acid groups (broad SMARTS) is 1. The lowest BCUT2D eigenvalue weighted by Gasteiger charge is -2.16. The van der Waals surface area contributed by atoms with Crippen molar-refractivity contribution in [1.82, 2.24) is 14.5 Å². The Labute approximate surface area is 220 Å². The molecule has 12 heteroatoms. The van der Waals surface area contributed by atoms with E-state index in [0.717, 1.165) is 12.8 Å². The minimum Gasteiger partial charge on any atom is -0.497 e. The predicted molar refractivity (Wildman–Crippen MR) is 140 cm³/mol. The van der Waals surface area contributed by atoms with Crippen LogP contribution in [0.25, 0.3) is 5.69 Å². The summed E-state index contributed by atoms with van der Waals surface area (Å²) >= 11 is 0. The zero-order chi connectivity index (χ0) is 27.6. The highest BCUT2D eigenvalue weighted by Gasteiger charge is 2.31. The standard InChI is InChI=1S/C26H30N4O7S/c1-15(2)13-23(31)27-18-7-12-21(22(14-18)38(34,35)29-17-5-6-17)37-25-16(3)24(26(32)33)28-30(25)19-8-10-20(36-4)11-9-19/h7-12,14-15,17,29H,5-6,13H2,1-4H3,(H,27,31)(H,32,33). The van der Waals surface area contributed by atoms with Crippen molar-refractivity contribution in [3.05, 3.63) is 53.7 Å². The van der Waals surface area contributed by atoms with Gasteiger partial charge in [0.15, 0.2) is 5.69 Å². The second-order valence-electron chi connectivity index (χ2n) is 9.50. The molecule has 4 rings (SSSR count). The molecular formula is C26H30N4O7S. The number of aromatic nitrogens is 2. The van der Waals surface area contributed by atoms with Crippen molar-refractivity contribution in [2.45, 2.75) is 51.0 Å². The summed E-state index contributed by atoms with van der Waals surface area (Å²) in [5.74, 6) is -0.797. The van der Waals surface area contributed by atoms with Gasteiger partial charge in [-0.15, -0.1) is 0 Å². The molecule has 1 aliphatic carbocycles. The van der Waals surface area contributed by atoms with Gasteiger partial charge in [-0.25, -0.2) is 17.9 Å². The van der Waals surface area contributed by atoms with Crippen molar-refractivity contribution in [2.24, 2.45) is 5.92 Å². The van der Waals surface area contributed by atoms with Crippen molar-refractivity contribution < 1.29 is 32.6 Å². The largest absolute Gasteiger partial charge is 0.497 e. The fraction of sp³-hybridized carbons (Fsp3) is 0.346. The highest BCUT2D eigenvalue weighted by atomic mass is 32.2. The molecule has 1 amide bonds. The summed E-state index contributed by atoms with van der Waals surface area (Å²) < 4.78 is 41.8. The molecule has 38 heavy (non-hydrogen) atoms. The number of hydrogen-bond donors (Lipinski definition) is 3. The van der Waals surface area contributed by atoms with E-state index in [1.165, 1.54) is 36.9 Å². The van der Waals surface area contributed by atoms with Crippen molar-refractivity contribution in [3.63, 3.8) is 0 Å². The smallest absolute Gasteiger partial charge is 0.356 e. The Kier molecular flexibility index (Phi) is 7.74. The van der Waals surface area contributed by atoms with E-state index < -0.39 is 16.0 Å².